The maximum atomic E-state index is 13.9. The topological polar surface area (TPSA) is 35.6 Å². The molecular weight excluding hydrogens is 341 g/mol. The first-order valence-electron chi connectivity index (χ1n) is 10.4. The highest BCUT2D eigenvalue weighted by Gasteiger charge is 2.44. The third-order valence-electron chi connectivity index (χ3n) is 6.93. The van der Waals surface area contributed by atoms with E-state index in [4.69, 9.17) is 0 Å². The average molecular weight is 374 g/mol. The summed E-state index contributed by atoms with van der Waals surface area (Å²) < 4.78 is 13.9. The molecule has 0 aromatic heterocycles. The molecule has 0 spiro atoms. The fourth-order valence-electron chi connectivity index (χ4n) is 5.17. The molecule has 1 aliphatic carbocycles. The molecule has 1 saturated carbocycles. The molecule has 1 aromatic carbocycles. The van der Waals surface area contributed by atoms with Crippen LogP contribution in [-0.4, -0.2) is 55.1 Å². The number of halogens is 1. The number of rotatable bonds is 3. The normalized spacial score (nSPS) is 35.5. The zero-order valence-corrected chi connectivity index (χ0v) is 16.5. The number of benzene rings is 1. The highest BCUT2D eigenvalue weighted by Crippen LogP contribution is 2.44. The molecule has 5 atom stereocenters. The Bertz CT molecular complexity index is 656. The summed E-state index contributed by atoms with van der Waals surface area (Å²) in [4.78, 5) is 17.4. The van der Waals surface area contributed by atoms with Crippen molar-refractivity contribution in [2.75, 3.05) is 33.2 Å². The molecule has 27 heavy (non-hydrogen) atoms. The van der Waals surface area contributed by atoms with Crippen LogP contribution in [0, 0.1) is 17.8 Å². The molecule has 2 saturated heterocycles. The lowest BCUT2D eigenvalue weighted by Crippen LogP contribution is -2.49. The van der Waals surface area contributed by atoms with Crippen LogP contribution >= 0.6 is 0 Å². The maximum Gasteiger partial charge on any atom is 0.223 e. The van der Waals surface area contributed by atoms with Gasteiger partial charge in [-0.15, -0.1) is 0 Å². The second-order valence-corrected chi connectivity index (χ2v) is 8.93. The van der Waals surface area contributed by atoms with Crippen molar-refractivity contribution in [3.8, 4) is 0 Å². The first kappa shape index (κ1) is 18.9. The Labute approximate surface area is 162 Å². The average Bonchev–Trinajstić information content (AvgIpc) is 2.65. The lowest BCUT2D eigenvalue weighted by molar-refractivity contribution is -0.134. The number of piperidine rings is 1. The summed E-state index contributed by atoms with van der Waals surface area (Å²) in [5.74, 6) is 0.494. The van der Waals surface area contributed by atoms with Crippen LogP contribution < -0.4 is 5.32 Å². The second kappa shape index (κ2) is 7.88. The lowest BCUT2D eigenvalue weighted by atomic mass is 9.66. The molecule has 1 aromatic rings. The van der Waals surface area contributed by atoms with Gasteiger partial charge in [0.25, 0.3) is 0 Å². The predicted octanol–water partition coefficient (Wildman–Crippen LogP) is 3.00. The number of carbonyl (C=O) groups is 1. The molecule has 4 rings (SSSR count). The van der Waals surface area contributed by atoms with Crippen molar-refractivity contribution in [3.05, 3.63) is 35.4 Å². The highest BCUT2D eigenvalue weighted by atomic mass is 19.1. The van der Waals surface area contributed by atoms with E-state index in [1.165, 1.54) is 11.1 Å². The number of hydrogen-bond donors (Lipinski definition) is 1. The third kappa shape index (κ3) is 4.19. The first-order valence-corrected chi connectivity index (χ1v) is 10.4. The number of piperazine rings is 1. The summed E-state index contributed by atoms with van der Waals surface area (Å²) in [6, 6.07) is 8.81. The molecule has 5 unspecified atom stereocenters. The zero-order chi connectivity index (χ0) is 19.0. The van der Waals surface area contributed by atoms with E-state index < -0.39 is 6.17 Å². The Balaban J connectivity index is 1.39. The van der Waals surface area contributed by atoms with Crippen LogP contribution in [0.4, 0.5) is 4.39 Å². The van der Waals surface area contributed by atoms with Gasteiger partial charge in [-0.1, -0.05) is 31.2 Å². The summed E-state index contributed by atoms with van der Waals surface area (Å²) in [5, 5.41) is 3.16. The largest absolute Gasteiger partial charge is 0.349 e. The molecule has 0 radical (unpaired) electrons. The summed E-state index contributed by atoms with van der Waals surface area (Å²) >= 11 is 0. The Morgan fingerprint density at radius 2 is 1.78 bits per heavy atom. The van der Waals surface area contributed by atoms with Crippen LogP contribution in [0.2, 0.25) is 0 Å². The van der Waals surface area contributed by atoms with Crippen molar-refractivity contribution in [1.82, 2.24) is 15.1 Å². The number of likely N-dealkylation sites (N-methyl/N-ethyl adjacent to an activating group) is 1. The minimum absolute atomic E-state index is 0.0481. The zero-order valence-electron chi connectivity index (χ0n) is 16.5. The Kier molecular flexibility index (Phi) is 5.51. The van der Waals surface area contributed by atoms with Gasteiger partial charge in [-0.25, -0.2) is 4.39 Å². The van der Waals surface area contributed by atoms with Gasteiger partial charge in [0.05, 0.1) is 6.04 Å². The molecule has 3 fully saturated rings. The van der Waals surface area contributed by atoms with E-state index in [-0.39, 0.29) is 23.8 Å². The minimum atomic E-state index is -0.822. The number of nitrogens with zero attached hydrogens (tertiary/aromatic N) is 2. The summed E-state index contributed by atoms with van der Waals surface area (Å²) in [6.45, 7) is 7.60. The smallest absolute Gasteiger partial charge is 0.223 e. The predicted molar refractivity (Wildman–Crippen MR) is 105 cm³/mol. The van der Waals surface area contributed by atoms with Crippen LogP contribution in [0.3, 0.4) is 0 Å². The lowest BCUT2D eigenvalue weighted by Gasteiger charge is -2.43. The van der Waals surface area contributed by atoms with E-state index in [2.05, 4.69) is 53.4 Å². The molecule has 2 aliphatic heterocycles. The minimum Gasteiger partial charge on any atom is -0.349 e. The number of nitrogens with one attached hydrogen (secondary N) is 1. The van der Waals surface area contributed by atoms with Gasteiger partial charge in [-0.05, 0) is 49.3 Å². The maximum absolute atomic E-state index is 13.9. The van der Waals surface area contributed by atoms with Gasteiger partial charge >= 0.3 is 0 Å². The molecule has 2 heterocycles. The van der Waals surface area contributed by atoms with Crippen LogP contribution in [0.1, 0.15) is 43.4 Å². The molecule has 0 bridgehead atoms. The van der Waals surface area contributed by atoms with Crippen LogP contribution in [-0.2, 0) is 11.3 Å². The Morgan fingerprint density at radius 3 is 2.48 bits per heavy atom. The molecule has 4 nitrogen and oxygen atoms in total. The van der Waals surface area contributed by atoms with Crippen molar-refractivity contribution in [2.24, 2.45) is 17.8 Å². The van der Waals surface area contributed by atoms with Crippen LogP contribution in [0.15, 0.2) is 24.3 Å². The number of fused-ring (bicyclic) bond motifs is 1. The molecule has 148 valence electrons. The van der Waals surface area contributed by atoms with Crippen molar-refractivity contribution in [1.29, 1.82) is 0 Å². The Morgan fingerprint density at radius 1 is 1.07 bits per heavy atom. The molecule has 1 amide bonds. The van der Waals surface area contributed by atoms with Crippen molar-refractivity contribution in [2.45, 2.75) is 44.9 Å². The SMILES string of the molecule is CC1CC(F)CC2C(=O)NC(c3ccc(CN4CCN(C)CC4)cc3)CC12. The van der Waals surface area contributed by atoms with Gasteiger partial charge in [0.1, 0.15) is 6.17 Å². The Hall–Kier alpha value is -1.46. The number of amides is 1. The second-order valence-electron chi connectivity index (χ2n) is 8.93. The van der Waals surface area contributed by atoms with Crippen LogP contribution in [0.5, 0.6) is 0 Å². The number of alkyl halides is 1. The van der Waals surface area contributed by atoms with Gasteiger partial charge in [-0.2, -0.15) is 0 Å². The van der Waals surface area contributed by atoms with E-state index in [0.29, 0.717) is 18.8 Å². The van der Waals surface area contributed by atoms with E-state index in [1.54, 1.807) is 0 Å². The third-order valence-corrected chi connectivity index (χ3v) is 6.93. The standard InChI is InChI=1S/C22H32FN3O/c1-15-11-18(23)12-20-19(15)13-21(24-22(20)27)17-5-3-16(4-6-17)14-26-9-7-25(2)8-10-26/h3-6,15,18-21H,7-14H2,1-2H3,(H,24,27). The van der Waals surface area contributed by atoms with Crippen molar-refractivity contribution < 1.29 is 9.18 Å². The molecule has 3 aliphatic rings. The van der Waals surface area contributed by atoms with E-state index in [9.17, 15) is 9.18 Å². The fourth-order valence-corrected chi connectivity index (χ4v) is 5.17. The quantitative estimate of drug-likeness (QED) is 0.885. The number of carbonyl (C=O) groups excluding carboxylic acids is 1. The summed E-state index contributed by atoms with van der Waals surface area (Å²) in [5.41, 5.74) is 2.51. The molecule has 5 heteroatoms. The van der Waals surface area contributed by atoms with Gasteiger partial charge in [0.15, 0.2) is 0 Å². The molecule has 1 N–H and O–H groups in total. The van der Waals surface area contributed by atoms with Gasteiger partial charge < -0.3 is 10.2 Å². The van der Waals surface area contributed by atoms with Gasteiger partial charge in [0, 0.05) is 38.6 Å². The fraction of sp³-hybridized carbons (Fsp3) is 0.682. The van der Waals surface area contributed by atoms with Gasteiger partial charge in [-0.3, -0.25) is 9.69 Å². The summed E-state index contributed by atoms with van der Waals surface area (Å²) in [7, 11) is 2.18. The van der Waals surface area contributed by atoms with E-state index >= 15 is 0 Å². The number of hydrogen-bond acceptors (Lipinski definition) is 3. The monoisotopic (exact) mass is 373 g/mol. The van der Waals surface area contributed by atoms with Crippen molar-refractivity contribution >= 4 is 5.91 Å². The first-order chi connectivity index (χ1) is 13.0. The van der Waals surface area contributed by atoms with E-state index in [1.807, 2.05) is 0 Å². The summed E-state index contributed by atoms with van der Waals surface area (Å²) in [6.07, 6.45) is 1.11. The van der Waals surface area contributed by atoms with Crippen LogP contribution in [0.25, 0.3) is 0 Å². The van der Waals surface area contributed by atoms with E-state index in [0.717, 1.165) is 39.1 Å². The molecular formula is C22H32FN3O. The highest BCUT2D eigenvalue weighted by molar-refractivity contribution is 5.80. The van der Waals surface area contributed by atoms with Gasteiger partial charge in [0.2, 0.25) is 5.91 Å². The van der Waals surface area contributed by atoms with Crippen molar-refractivity contribution in [3.63, 3.8) is 0 Å².